The molecule has 0 radical (unpaired) electrons. The van der Waals surface area contributed by atoms with Crippen molar-refractivity contribution in [3.63, 3.8) is 0 Å². The summed E-state index contributed by atoms with van der Waals surface area (Å²) < 4.78 is 5.17. The summed E-state index contributed by atoms with van der Waals surface area (Å²) in [6, 6.07) is 7.14. The van der Waals surface area contributed by atoms with Crippen molar-refractivity contribution >= 4 is 17.5 Å². The molecule has 0 saturated carbocycles. The number of aryl methyl sites for hydroxylation is 1. The lowest BCUT2D eigenvalue weighted by molar-refractivity contribution is 0.0899. The van der Waals surface area contributed by atoms with E-state index in [2.05, 4.69) is 10.5 Å². The van der Waals surface area contributed by atoms with Crippen molar-refractivity contribution < 1.29 is 14.4 Å². The fraction of sp³-hybridized carbons (Fsp3) is 0.412. The number of carbonyl (C=O) groups excluding carboxylic acids is 1. The van der Waals surface area contributed by atoms with E-state index in [0.717, 1.165) is 0 Å². The summed E-state index contributed by atoms with van der Waals surface area (Å²) in [5, 5.41) is 17.1. The molecule has 2 N–H and O–H groups in total. The largest absolute Gasteiger partial charge is 0.391 e. The monoisotopic (exact) mass is 336 g/mol. The molecule has 1 unspecified atom stereocenters. The average molecular weight is 337 g/mol. The molecule has 6 heteroatoms. The molecule has 1 atom stereocenters. The van der Waals surface area contributed by atoms with E-state index >= 15 is 0 Å². The van der Waals surface area contributed by atoms with Crippen LogP contribution in [0.1, 0.15) is 36.4 Å². The summed E-state index contributed by atoms with van der Waals surface area (Å²) in [5.41, 5.74) is 1.39. The zero-order chi connectivity index (χ0) is 17.0. The SMILES string of the molecule is Cc1onc(-c2ccccc2Cl)c1C(=O)NCC(O)CC(C)C. The number of rotatable bonds is 6. The Morgan fingerprint density at radius 1 is 1.39 bits per heavy atom. The molecule has 0 fully saturated rings. The van der Waals surface area contributed by atoms with Crippen LogP contribution in [0.3, 0.4) is 0 Å². The van der Waals surface area contributed by atoms with Gasteiger partial charge in [0.25, 0.3) is 5.91 Å². The molecule has 5 nitrogen and oxygen atoms in total. The number of hydrogen-bond donors (Lipinski definition) is 2. The van der Waals surface area contributed by atoms with Crippen LogP contribution >= 0.6 is 11.6 Å². The van der Waals surface area contributed by atoms with Crippen LogP contribution in [0.5, 0.6) is 0 Å². The molecule has 1 amide bonds. The molecule has 0 saturated heterocycles. The third kappa shape index (κ3) is 4.33. The van der Waals surface area contributed by atoms with Gasteiger partial charge in [-0.15, -0.1) is 0 Å². The minimum Gasteiger partial charge on any atom is -0.391 e. The summed E-state index contributed by atoms with van der Waals surface area (Å²) in [6.45, 7) is 5.89. The van der Waals surface area contributed by atoms with Gasteiger partial charge in [0.1, 0.15) is 17.0 Å². The molecule has 2 rings (SSSR count). The van der Waals surface area contributed by atoms with E-state index in [1.54, 1.807) is 25.1 Å². The molecule has 1 aromatic heterocycles. The van der Waals surface area contributed by atoms with Gasteiger partial charge in [-0.1, -0.05) is 48.8 Å². The van der Waals surface area contributed by atoms with E-state index in [4.69, 9.17) is 16.1 Å². The number of aromatic nitrogens is 1. The highest BCUT2D eigenvalue weighted by molar-refractivity contribution is 6.33. The van der Waals surface area contributed by atoms with E-state index in [1.165, 1.54) is 0 Å². The Bertz CT molecular complexity index is 682. The van der Waals surface area contributed by atoms with Gasteiger partial charge in [0.2, 0.25) is 0 Å². The first kappa shape index (κ1) is 17.5. The lowest BCUT2D eigenvalue weighted by Gasteiger charge is -2.14. The molecule has 0 aliphatic rings. The highest BCUT2D eigenvalue weighted by atomic mass is 35.5. The lowest BCUT2D eigenvalue weighted by Crippen LogP contribution is -2.33. The molecular formula is C17H21ClN2O3. The fourth-order valence-corrected chi connectivity index (χ4v) is 2.63. The topological polar surface area (TPSA) is 75.4 Å². The van der Waals surface area contributed by atoms with E-state index in [1.807, 2.05) is 19.9 Å². The van der Waals surface area contributed by atoms with Crippen molar-refractivity contribution in [2.24, 2.45) is 5.92 Å². The minimum atomic E-state index is -0.581. The Labute approximate surface area is 140 Å². The Hall–Kier alpha value is -1.85. The van der Waals surface area contributed by atoms with Gasteiger partial charge in [0, 0.05) is 12.1 Å². The molecule has 0 aliphatic carbocycles. The molecule has 0 bridgehead atoms. The second-order valence-corrected chi connectivity index (χ2v) is 6.34. The zero-order valence-electron chi connectivity index (χ0n) is 13.5. The average Bonchev–Trinajstić information content (AvgIpc) is 2.86. The van der Waals surface area contributed by atoms with Crippen LogP contribution in [0.15, 0.2) is 28.8 Å². The smallest absolute Gasteiger partial charge is 0.257 e. The Balaban J connectivity index is 2.18. The third-order valence-corrected chi connectivity index (χ3v) is 3.79. The number of nitrogens with one attached hydrogen (secondary N) is 1. The second kappa shape index (κ2) is 7.62. The van der Waals surface area contributed by atoms with Gasteiger partial charge in [0.15, 0.2) is 0 Å². The number of halogens is 1. The maximum absolute atomic E-state index is 12.5. The number of nitrogens with zero attached hydrogens (tertiary/aromatic N) is 1. The van der Waals surface area contributed by atoms with Crippen LogP contribution in [0.25, 0.3) is 11.3 Å². The van der Waals surface area contributed by atoms with E-state index in [9.17, 15) is 9.90 Å². The summed E-state index contributed by atoms with van der Waals surface area (Å²) in [7, 11) is 0. The van der Waals surface area contributed by atoms with Gasteiger partial charge < -0.3 is 14.9 Å². The first-order valence-corrected chi connectivity index (χ1v) is 7.95. The number of aliphatic hydroxyl groups excluding tert-OH is 1. The van der Waals surface area contributed by atoms with Gasteiger partial charge >= 0.3 is 0 Å². The highest BCUT2D eigenvalue weighted by Gasteiger charge is 2.23. The van der Waals surface area contributed by atoms with Gasteiger partial charge in [0.05, 0.1) is 11.1 Å². The molecule has 1 aromatic carbocycles. The normalized spacial score (nSPS) is 12.4. The van der Waals surface area contributed by atoms with Crippen LogP contribution in [0.4, 0.5) is 0 Å². The molecule has 0 spiro atoms. The Morgan fingerprint density at radius 2 is 2.09 bits per heavy atom. The van der Waals surface area contributed by atoms with Crippen molar-refractivity contribution in [2.45, 2.75) is 33.3 Å². The number of carbonyl (C=O) groups is 1. The van der Waals surface area contributed by atoms with Crippen molar-refractivity contribution in [2.75, 3.05) is 6.54 Å². The quantitative estimate of drug-likeness (QED) is 0.847. The first-order valence-electron chi connectivity index (χ1n) is 7.57. The molecule has 124 valence electrons. The van der Waals surface area contributed by atoms with Crippen molar-refractivity contribution in [3.05, 3.63) is 40.6 Å². The van der Waals surface area contributed by atoms with Crippen LogP contribution in [-0.2, 0) is 0 Å². The van der Waals surface area contributed by atoms with Crippen molar-refractivity contribution in [1.82, 2.24) is 10.5 Å². The van der Waals surface area contributed by atoms with Crippen LogP contribution in [0.2, 0.25) is 5.02 Å². The maximum atomic E-state index is 12.5. The summed E-state index contributed by atoms with van der Waals surface area (Å²) in [4.78, 5) is 12.5. The molecule has 1 heterocycles. The van der Waals surface area contributed by atoms with Gasteiger partial charge in [-0.05, 0) is 25.3 Å². The third-order valence-electron chi connectivity index (χ3n) is 3.46. The predicted molar refractivity (Wildman–Crippen MR) is 89.5 cm³/mol. The van der Waals surface area contributed by atoms with E-state index in [-0.39, 0.29) is 12.5 Å². The summed E-state index contributed by atoms with van der Waals surface area (Å²) in [5.74, 6) is 0.440. The maximum Gasteiger partial charge on any atom is 0.257 e. The molecule has 2 aromatic rings. The summed E-state index contributed by atoms with van der Waals surface area (Å²) in [6.07, 6.45) is 0.0446. The van der Waals surface area contributed by atoms with Crippen LogP contribution in [0, 0.1) is 12.8 Å². The van der Waals surface area contributed by atoms with Gasteiger partial charge in [-0.25, -0.2) is 0 Å². The molecule has 0 aliphatic heterocycles. The van der Waals surface area contributed by atoms with Gasteiger partial charge in [-0.3, -0.25) is 4.79 Å². The second-order valence-electron chi connectivity index (χ2n) is 5.94. The van der Waals surface area contributed by atoms with Gasteiger partial charge in [-0.2, -0.15) is 0 Å². The van der Waals surface area contributed by atoms with Crippen molar-refractivity contribution in [1.29, 1.82) is 0 Å². The zero-order valence-corrected chi connectivity index (χ0v) is 14.2. The molecule has 23 heavy (non-hydrogen) atoms. The summed E-state index contributed by atoms with van der Waals surface area (Å²) >= 11 is 6.18. The first-order chi connectivity index (χ1) is 10.9. The predicted octanol–water partition coefficient (Wildman–Crippen LogP) is 3.44. The number of benzene rings is 1. The fourth-order valence-electron chi connectivity index (χ4n) is 2.40. The van der Waals surface area contributed by atoms with E-state index < -0.39 is 6.10 Å². The lowest BCUT2D eigenvalue weighted by atomic mass is 10.0. The Kier molecular flexibility index (Phi) is 5.80. The number of amides is 1. The van der Waals surface area contributed by atoms with Crippen LogP contribution < -0.4 is 5.32 Å². The number of aliphatic hydroxyl groups is 1. The van der Waals surface area contributed by atoms with E-state index in [0.29, 0.717) is 39.9 Å². The van der Waals surface area contributed by atoms with Crippen molar-refractivity contribution in [3.8, 4) is 11.3 Å². The molecular weight excluding hydrogens is 316 g/mol. The highest BCUT2D eigenvalue weighted by Crippen LogP contribution is 2.30. The standard InChI is InChI=1S/C17H21ClN2O3/c1-10(2)8-12(21)9-19-17(22)15-11(3)23-20-16(15)13-6-4-5-7-14(13)18/h4-7,10,12,21H,8-9H2,1-3H3,(H,19,22). The number of hydrogen-bond acceptors (Lipinski definition) is 4. The van der Waals surface area contributed by atoms with Crippen LogP contribution in [-0.4, -0.2) is 28.8 Å². The Morgan fingerprint density at radius 3 is 2.74 bits per heavy atom. The minimum absolute atomic E-state index is 0.184.